The molecule has 5 nitrogen and oxygen atoms in total. The van der Waals surface area contributed by atoms with Gasteiger partial charge >= 0.3 is 0 Å². The summed E-state index contributed by atoms with van der Waals surface area (Å²) in [5.74, 6) is 1.19. The van der Waals surface area contributed by atoms with Gasteiger partial charge in [-0.25, -0.2) is 9.97 Å². The minimum absolute atomic E-state index is 0.569. The standard InChI is InChI=1S/C11H12N4O/c1-16-10-5-4-8(7-14-10)15-11-9(12)3-2-6-13-11/h2-7H,12H2,1H3,(H,13,15). The molecule has 0 bridgehead atoms. The van der Waals surface area contributed by atoms with Crippen molar-refractivity contribution in [3.8, 4) is 5.88 Å². The molecule has 0 aliphatic carbocycles. The lowest BCUT2D eigenvalue weighted by Gasteiger charge is -2.07. The van der Waals surface area contributed by atoms with Crippen LogP contribution in [0.1, 0.15) is 0 Å². The Hall–Kier alpha value is -2.30. The fourth-order valence-corrected chi connectivity index (χ4v) is 1.23. The first-order chi connectivity index (χ1) is 7.79. The predicted octanol–water partition coefficient (Wildman–Crippen LogP) is 1.81. The van der Waals surface area contributed by atoms with Gasteiger partial charge in [0, 0.05) is 12.3 Å². The van der Waals surface area contributed by atoms with Gasteiger partial charge in [-0.2, -0.15) is 0 Å². The largest absolute Gasteiger partial charge is 0.481 e. The Morgan fingerprint density at radius 2 is 2.12 bits per heavy atom. The number of rotatable bonds is 3. The van der Waals surface area contributed by atoms with Gasteiger partial charge in [-0.1, -0.05) is 0 Å². The first-order valence-electron chi connectivity index (χ1n) is 4.77. The maximum absolute atomic E-state index is 5.75. The Kier molecular flexibility index (Phi) is 2.86. The zero-order valence-electron chi connectivity index (χ0n) is 8.84. The molecule has 0 aromatic carbocycles. The minimum atomic E-state index is 0.569. The van der Waals surface area contributed by atoms with Crippen LogP contribution in [0, 0.1) is 0 Å². The van der Waals surface area contributed by atoms with Gasteiger partial charge in [0.25, 0.3) is 0 Å². The quantitative estimate of drug-likeness (QED) is 0.818. The smallest absolute Gasteiger partial charge is 0.213 e. The fourth-order valence-electron chi connectivity index (χ4n) is 1.23. The highest BCUT2D eigenvalue weighted by Crippen LogP contribution is 2.20. The van der Waals surface area contributed by atoms with Crippen molar-refractivity contribution in [2.75, 3.05) is 18.2 Å². The molecule has 16 heavy (non-hydrogen) atoms. The van der Waals surface area contributed by atoms with Gasteiger partial charge in [0.15, 0.2) is 5.82 Å². The Morgan fingerprint density at radius 1 is 1.25 bits per heavy atom. The molecule has 0 spiro atoms. The molecule has 0 atom stereocenters. The van der Waals surface area contributed by atoms with Crippen molar-refractivity contribution in [2.45, 2.75) is 0 Å². The van der Waals surface area contributed by atoms with Crippen molar-refractivity contribution in [2.24, 2.45) is 0 Å². The summed E-state index contributed by atoms with van der Waals surface area (Å²) in [6, 6.07) is 7.18. The second kappa shape index (κ2) is 4.48. The SMILES string of the molecule is COc1ccc(Nc2ncccc2N)cn1. The Balaban J connectivity index is 2.18. The molecule has 0 aliphatic heterocycles. The normalized spacial score (nSPS) is 9.81. The van der Waals surface area contributed by atoms with E-state index in [1.807, 2.05) is 6.07 Å². The van der Waals surface area contributed by atoms with Crippen LogP contribution in [0.15, 0.2) is 36.7 Å². The molecule has 2 aromatic heterocycles. The van der Waals surface area contributed by atoms with E-state index in [0.29, 0.717) is 17.4 Å². The van der Waals surface area contributed by atoms with E-state index in [0.717, 1.165) is 5.69 Å². The van der Waals surface area contributed by atoms with Crippen molar-refractivity contribution >= 4 is 17.2 Å². The van der Waals surface area contributed by atoms with Crippen molar-refractivity contribution < 1.29 is 4.74 Å². The lowest BCUT2D eigenvalue weighted by atomic mass is 10.3. The molecule has 0 fully saturated rings. The molecule has 0 unspecified atom stereocenters. The van der Waals surface area contributed by atoms with E-state index in [4.69, 9.17) is 10.5 Å². The highest BCUT2D eigenvalue weighted by atomic mass is 16.5. The molecule has 3 N–H and O–H groups in total. The van der Waals surface area contributed by atoms with Crippen LogP contribution in [-0.2, 0) is 0 Å². The molecule has 82 valence electrons. The van der Waals surface area contributed by atoms with Crippen LogP contribution in [0.25, 0.3) is 0 Å². The highest BCUT2D eigenvalue weighted by Gasteiger charge is 2.00. The maximum atomic E-state index is 5.75. The molecular weight excluding hydrogens is 204 g/mol. The van der Waals surface area contributed by atoms with Gasteiger partial charge in [0.2, 0.25) is 5.88 Å². The molecule has 0 radical (unpaired) electrons. The second-order valence-electron chi connectivity index (χ2n) is 3.16. The summed E-state index contributed by atoms with van der Waals surface area (Å²) >= 11 is 0. The molecular formula is C11H12N4O. The summed E-state index contributed by atoms with van der Waals surface area (Å²) in [6.07, 6.45) is 3.34. The van der Waals surface area contributed by atoms with E-state index >= 15 is 0 Å². The Labute approximate surface area is 93.3 Å². The molecule has 0 saturated heterocycles. The van der Waals surface area contributed by atoms with Gasteiger partial charge in [-0.3, -0.25) is 0 Å². The number of nitrogens with one attached hydrogen (secondary N) is 1. The number of methoxy groups -OCH3 is 1. The second-order valence-corrected chi connectivity index (χ2v) is 3.16. The average molecular weight is 216 g/mol. The third kappa shape index (κ3) is 2.20. The third-order valence-electron chi connectivity index (χ3n) is 2.05. The van der Waals surface area contributed by atoms with Crippen molar-refractivity contribution in [3.63, 3.8) is 0 Å². The van der Waals surface area contributed by atoms with Crippen molar-refractivity contribution in [3.05, 3.63) is 36.7 Å². The number of hydrogen-bond acceptors (Lipinski definition) is 5. The van der Waals surface area contributed by atoms with E-state index in [9.17, 15) is 0 Å². The van der Waals surface area contributed by atoms with Crippen LogP contribution in [0.5, 0.6) is 5.88 Å². The summed E-state index contributed by atoms with van der Waals surface area (Å²) in [5, 5.41) is 3.07. The van der Waals surface area contributed by atoms with Gasteiger partial charge < -0.3 is 15.8 Å². The van der Waals surface area contributed by atoms with Crippen molar-refractivity contribution in [1.82, 2.24) is 9.97 Å². The van der Waals surface area contributed by atoms with Crippen LogP contribution in [0.3, 0.4) is 0 Å². The number of ether oxygens (including phenoxy) is 1. The number of pyridine rings is 2. The van der Waals surface area contributed by atoms with Gasteiger partial charge in [-0.15, -0.1) is 0 Å². The number of nitrogen functional groups attached to an aromatic ring is 1. The lowest BCUT2D eigenvalue weighted by Crippen LogP contribution is -1.99. The monoisotopic (exact) mass is 216 g/mol. The van der Waals surface area contributed by atoms with Crippen LogP contribution in [0.4, 0.5) is 17.2 Å². The summed E-state index contributed by atoms with van der Waals surface area (Å²) in [6.45, 7) is 0. The zero-order valence-corrected chi connectivity index (χ0v) is 8.84. The number of anilines is 3. The van der Waals surface area contributed by atoms with Crippen LogP contribution < -0.4 is 15.8 Å². The van der Waals surface area contributed by atoms with E-state index in [1.54, 1.807) is 37.7 Å². The van der Waals surface area contributed by atoms with Gasteiger partial charge in [0.05, 0.1) is 24.7 Å². The Morgan fingerprint density at radius 3 is 2.75 bits per heavy atom. The predicted molar refractivity (Wildman–Crippen MR) is 62.7 cm³/mol. The highest BCUT2D eigenvalue weighted by molar-refractivity contribution is 5.67. The molecule has 0 saturated carbocycles. The lowest BCUT2D eigenvalue weighted by molar-refractivity contribution is 0.398. The average Bonchev–Trinajstić information content (AvgIpc) is 2.33. The number of aromatic nitrogens is 2. The van der Waals surface area contributed by atoms with E-state index in [1.165, 1.54) is 0 Å². The topological polar surface area (TPSA) is 73.1 Å². The van der Waals surface area contributed by atoms with Crippen LogP contribution >= 0.6 is 0 Å². The third-order valence-corrected chi connectivity index (χ3v) is 2.05. The molecule has 5 heteroatoms. The fraction of sp³-hybridized carbons (Fsp3) is 0.0909. The minimum Gasteiger partial charge on any atom is -0.481 e. The first kappa shape index (κ1) is 10.2. The number of nitrogens with zero attached hydrogens (tertiary/aromatic N) is 2. The van der Waals surface area contributed by atoms with E-state index < -0.39 is 0 Å². The molecule has 2 rings (SSSR count). The van der Waals surface area contributed by atoms with Crippen LogP contribution in [-0.4, -0.2) is 17.1 Å². The summed E-state index contributed by atoms with van der Waals surface area (Å²) < 4.78 is 4.96. The van der Waals surface area contributed by atoms with Crippen LogP contribution in [0.2, 0.25) is 0 Å². The molecule has 0 aliphatic rings. The van der Waals surface area contributed by atoms with E-state index in [-0.39, 0.29) is 0 Å². The molecule has 2 heterocycles. The summed E-state index contributed by atoms with van der Waals surface area (Å²) in [5.41, 5.74) is 7.16. The first-order valence-corrected chi connectivity index (χ1v) is 4.77. The van der Waals surface area contributed by atoms with Crippen molar-refractivity contribution in [1.29, 1.82) is 0 Å². The Bertz CT molecular complexity index is 470. The van der Waals surface area contributed by atoms with Gasteiger partial charge in [-0.05, 0) is 18.2 Å². The van der Waals surface area contributed by atoms with Gasteiger partial charge in [0.1, 0.15) is 0 Å². The zero-order chi connectivity index (χ0) is 11.4. The van der Waals surface area contributed by atoms with E-state index in [2.05, 4.69) is 15.3 Å². The summed E-state index contributed by atoms with van der Waals surface area (Å²) in [4.78, 5) is 8.19. The molecule has 0 amide bonds. The molecule has 2 aromatic rings. The maximum Gasteiger partial charge on any atom is 0.213 e. The number of hydrogen-bond donors (Lipinski definition) is 2. The summed E-state index contributed by atoms with van der Waals surface area (Å²) in [7, 11) is 1.58. The number of nitrogens with two attached hydrogens (primary N) is 1.